The zero-order valence-corrected chi connectivity index (χ0v) is 16.7. The van der Waals surface area contributed by atoms with Gasteiger partial charge in [0, 0.05) is 61.8 Å². The molecule has 4 heterocycles. The minimum absolute atomic E-state index is 0.0445. The molecule has 4 rings (SSSR count). The third kappa shape index (κ3) is 4.26. The van der Waals surface area contributed by atoms with Crippen molar-refractivity contribution in [3.05, 3.63) is 54.2 Å². The summed E-state index contributed by atoms with van der Waals surface area (Å²) in [6, 6.07) is 7.36. The van der Waals surface area contributed by atoms with E-state index in [0.29, 0.717) is 30.4 Å². The minimum Gasteiger partial charge on any atom is -0.355 e. The number of amides is 1. The van der Waals surface area contributed by atoms with Crippen LogP contribution < -0.4 is 4.90 Å². The minimum atomic E-state index is 0.0445. The van der Waals surface area contributed by atoms with Crippen LogP contribution in [-0.2, 0) is 0 Å². The van der Waals surface area contributed by atoms with Crippen LogP contribution in [-0.4, -0.2) is 57.1 Å². The van der Waals surface area contributed by atoms with Gasteiger partial charge in [0.05, 0.1) is 0 Å². The maximum atomic E-state index is 12.7. The van der Waals surface area contributed by atoms with Crippen molar-refractivity contribution in [3.63, 3.8) is 0 Å². The summed E-state index contributed by atoms with van der Waals surface area (Å²) in [5, 5.41) is 4.04. The molecule has 0 aliphatic carbocycles. The molecule has 0 unspecified atom stereocenters. The average molecular weight is 392 g/mol. The van der Waals surface area contributed by atoms with Crippen molar-refractivity contribution in [1.82, 2.24) is 25.0 Å². The molecule has 0 radical (unpaired) electrons. The van der Waals surface area contributed by atoms with Crippen molar-refractivity contribution in [2.24, 2.45) is 0 Å². The Morgan fingerprint density at radius 2 is 1.90 bits per heavy atom. The highest BCUT2D eigenvalue weighted by atomic mass is 16.5. The molecule has 0 N–H and O–H groups in total. The van der Waals surface area contributed by atoms with E-state index in [-0.39, 0.29) is 11.8 Å². The van der Waals surface area contributed by atoms with Crippen LogP contribution in [0.15, 0.2) is 47.4 Å². The SMILES string of the molecule is CC(C)c1noc(-c2ccnc(N3CCCN(C(=O)c4ccncc4)CC3)c2)n1. The molecule has 1 fully saturated rings. The van der Waals surface area contributed by atoms with E-state index in [9.17, 15) is 4.79 Å². The lowest BCUT2D eigenvalue weighted by Gasteiger charge is -2.23. The predicted molar refractivity (Wildman–Crippen MR) is 109 cm³/mol. The second-order valence-corrected chi connectivity index (χ2v) is 7.38. The molecule has 1 saturated heterocycles. The topological polar surface area (TPSA) is 88.3 Å². The van der Waals surface area contributed by atoms with Crippen LogP contribution in [0.5, 0.6) is 0 Å². The molecule has 150 valence electrons. The van der Waals surface area contributed by atoms with Crippen LogP contribution in [0.2, 0.25) is 0 Å². The van der Waals surface area contributed by atoms with Crippen molar-refractivity contribution >= 4 is 11.7 Å². The molecule has 29 heavy (non-hydrogen) atoms. The number of rotatable bonds is 4. The Morgan fingerprint density at radius 1 is 1.07 bits per heavy atom. The quantitative estimate of drug-likeness (QED) is 0.674. The number of carbonyl (C=O) groups is 1. The first kappa shape index (κ1) is 19.0. The molecule has 1 aliphatic heterocycles. The van der Waals surface area contributed by atoms with Gasteiger partial charge in [0.15, 0.2) is 5.82 Å². The van der Waals surface area contributed by atoms with Crippen molar-refractivity contribution in [3.8, 4) is 11.5 Å². The average Bonchev–Trinajstić information content (AvgIpc) is 3.13. The molecule has 1 amide bonds. The summed E-state index contributed by atoms with van der Waals surface area (Å²) in [5.74, 6) is 2.30. The second kappa shape index (κ2) is 8.38. The van der Waals surface area contributed by atoms with Gasteiger partial charge in [-0.05, 0) is 30.7 Å². The van der Waals surface area contributed by atoms with Crippen LogP contribution in [0.3, 0.4) is 0 Å². The van der Waals surface area contributed by atoms with E-state index in [0.717, 1.165) is 30.9 Å². The monoisotopic (exact) mass is 392 g/mol. The summed E-state index contributed by atoms with van der Waals surface area (Å²) in [6.07, 6.45) is 5.93. The molecule has 8 heteroatoms. The Kier molecular flexibility index (Phi) is 5.50. The molecule has 0 spiro atoms. The Labute approximate surface area is 169 Å². The van der Waals surface area contributed by atoms with E-state index >= 15 is 0 Å². The van der Waals surface area contributed by atoms with Crippen LogP contribution in [0, 0.1) is 0 Å². The lowest BCUT2D eigenvalue weighted by Crippen LogP contribution is -2.35. The molecule has 0 aromatic carbocycles. The zero-order chi connectivity index (χ0) is 20.2. The molecule has 3 aromatic heterocycles. The number of aromatic nitrogens is 4. The molecule has 8 nitrogen and oxygen atoms in total. The van der Waals surface area contributed by atoms with Crippen molar-refractivity contribution in [2.75, 3.05) is 31.1 Å². The fraction of sp³-hybridized carbons (Fsp3) is 0.381. The zero-order valence-electron chi connectivity index (χ0n) is 16.7. The number of anilines is 1. The van der Waals surface area contributed by atoms with Gasteiger partial charge < -0.3 is 14.3 Å². The van der Waals surface area contributed by atoms with E-state index in [1.165, 1.54) is 0 Å². The van der Waals surface area contributed by atoms with Crippen LogP contribution in [0.25, 0.3) is 11.5 Å². The Hall–Kier alpha value is -3.29. The fourth-order valence-corrected chi connectivity index (χ4v) is 3.34. The standard InChI is InChI=1S/C21H24N6O2/c1-15(2)19-24-20(29-25-19)17-6-9-23-18(14-17)26-10-3-11-27(13-12-26)21(28)16-4-7-22-8-5-16/h4-9,14-15H,3,10-13H2,1-2H3. The van der Waals surface area contributed by atoms with Gasteiger partial charge in [-0.1, -0.05) is 19.0 Å². The van der Waals surface area contributed by atoms with E-state index < -0.39 is 0 Å². The Balaban J connectivity index is 1.47. The smallest absolute Gasteiger partial charge is 0.258 e. The molecule has 1 aliphatic rings. The van der Waals surface area contributed by atoms with Gasteiger partial charge >= 0.3 is 0 Å². The number of carbonyl (C=O) groups excluding carboxylic acids is 1. The molecular weight excluding hydrogens is 368 g/mol. The molecule has 3 aromatic rings. The van der Waals surface area contributed by atoms with Gasteiger partial charge in [0.25, 0.3) is 11.8 Å². The van der Waals surface area contributed by atoms with Gasteiger partial charge in [-0.25, -0.2) is 4.98 Å². The van der Waals surface area contributed by atoms with Crippen molar-refractivity contribution in [1.29, 1.82) is 0 Å². The summed E-state index contributed by atoms with van der Waals surface area (Å²) >= 11 is 0. The van der Waals surface area contributed by atoms with Gasteiger partial charge in [0.1, 0.15) is 5.82 Å². The van der Waals surface area contributed by atoms with Crippen LogP contribution in [0.1, 0.15) is 42.4 Å². The Bertz CT molecular complexity index is 972. The van der Waals surface area contributed by atoms with E-state index in [4.69, 9.17) is 4.52 Å². The van der Waals surface area contributed by atoms with Crippen LogP contribution >= 0.6 is 0 Å². The summed E-state index contributed by atoms with van der Waals surface area (Å²) in [6.45, 7) is 6.97. The predicted octanol–water partition coefficient (Wildman–Crippen LogP) is 3.00. The maximum absolute atomic E-state index is 12.7. The first-order valence-electron chi connectivity index (χ1n) is 9.86. The summed E-state index contributed by atoms with van der Waals surface area (Å²) in [4.78, 5) is 29.8. The van der Waals surface area contributed by atoms with Crippen molar-refractivity contribution in [2.45, 2.75) is 26.2 Å². The van der Waals surface area contributed by atoms with Crippen molar-refractivity contribution < 1.29 is 9.32 Å². The summed E-state index contributed by atoms with van der Waals surface area (Å²) in [7, 11) is 0. The third-order valence-electron chi connectivity index (χ3n) is 4.98. The highest BCUT2D eigenvalue weighted by molar-refractivity contribution is 5.94. The first-order valence-corrected chi connectivity index (χ1v) is 9.86. The normalized spacial score (nSPS) is 14.9. The molecule has 0 atom stereocenters. The number of pyridine rings is 2. The van der Waals surface area contributed by atoms with Gasteiger partial charge in [-0.15, -0.1) is 0 Å². The lowest BCUT2D eigenvalue weighted by atomic mass is 10.2. The first-order chi connectivity index (χ1) is 14.1. The largest absolute Gasteiger partial charge is 0.355 e. The second-order valence-electron chi connectivity index (χ2n) is 7.38. The molecule has 0 saturated carbocycles. The van der Waals surface area contributed by atoms with E-state index in [1.807, 2.05) is 30.9 Å². The summed E-state index contributed by atoms with van der Waals surface area (Å²) in [5.41, 5.74) is 1.52. The fourth-order valence-electron chi connectivity index (χ4n) is 3.34. The maximum Gasteiger partial charge on any atom is 0.258 e. The Morgan fingerprint density at radius 3 is 2.66 bits per heavy atom. The highest BCUT2D eigenvalue weighted by Crippen LogP contribution is 2.24. The highest BCUT2D eigenvalue weighted by Gasteiger charge is 2.21. The number of nitrogens with zero attached hydrogens (tertiary/aromatic N) is 6. The van der Waals surface area contributed by atoms with E-state index in [2.05, 4.69) is 25.0 Å². The van der Waals surface area contributed by atoms with Gasteiger partial charge in [0.2, 0.25) is 0 Å². The third-order valence-corrected chi connectivity index (χ3v) is 4.98. The van der Waals surface area contributed by atoms with Gasteiger partial charge in [-0.3, -0.25) is 9.78 Å². The molecule has 0 bridgehead atoms. The van der Waals surface area contributed by atoms with Crippen LogP contribution in [0.4, 0.5) is 5.82 Å². The van der Waals surface area contributed by atoms with E-state index in [1.54, 1.807) is 30.7 Å². The van der Waals surface area contributed by atoms with Gasteiger partial charge in [-0.2, -0.15) is 4.98 Å². The lowest BCUT2D eigenvalue weighted by molar-refractivity contribution is 0.0767. The molecular formula is C21H24N6O2. The summed E-state index contributed by atoms with van der Waals surface area (Å²) < 4.78 is 5.41. The number of hydrogen-bond donors (Lipinski definition) is 0. The number of hydrogen-bond acceptors (Lipinski definition) is 7.